The normalized spacial score (nSPS) is 14.6. The Bertz CT molecular complexity index is 593. The lowest BCUT2D eigenvalue weighted by molar-refractivity contribution is 0.475. The van der Waals surface area contributed by atoms with Crippen LogP contribution in [0.2, 0.25) is 0 Å². The molecule has 2 N–H and O–H groups in total. The summed E-state index contributed by atoms with van der Waals surface area (Å²) < 4.78 is 1.56. The first-order chi connectivity index (χ1) is 8.25. The Balaban J connectivity index is 2.12. The summed E-state index contributed by atoms with van der Waals surface area (Å²) in [4.78, 5) is 12.2. The Morgan fingerprint density at radius 3 is 2.53 bits per heavy atom. The van der Waals surface area contributed by atoms with E-state index in [9.17, 15) is 9.90 Å². The maximum Gasteiger partial charge on any atom is 0.274 e. The number of hydrogen-bond acceptors (Lipinski definition) is 2. The number of phenolic OH excluding ortho intramolecular Hbond substituents is 1. The van der Waals surface area contributed by atoms with Crippen LogP contribution in [0.5, 0.6) is 5.75 Å². The van der Waals surface area contributed by atoms with Crippen molar-refractivity contribution in [3.8, 4) is 11.4 Å². The second kappa shape index (κ2) is 3.80. The summed E-state index contributed by atoms with van der Waals surface area (Å²) in [5, 5.41) is 12.4. The molecule has 3 rings (SSSR count). The average Bonchev–Trinajstić information content (AvgIpc) is 2.69. The number of H-pyrrole nitrogens is 1. The number of aromatic nitrogens is 2. The maximum atomic E-state index is 12.2. The van der Waals surface area contributed by atoms with Gasteiger partial charge in [0.25, 0.3) is 5.56 Å². The van der Waals surface area contributed by atoms with Crippen LogP contribution in [-0.4, -0.2) is 14.9 Å². The summed E-state index contributed by atoms with van der Waals surface area (Å²) in [5.41, 5.74) is 2.80. The number of hydrogen-bond donors (Lipinski definition) is 2. The van der Waals surface area contributed by atoms with Crippen LogP contribution in [0.1, 0.15) is 24.1 Å². The number of nitrogens with zero attached hydrogens (tertiary/aromatic N) is 1. The summed E-state index contributed by atoms with van der Waals surface area (Å²) in [6, 6.07) is 6.64. The Kier molecular flexibility index (Phi) is 2.28. The van der Waals surface area contributed by atoms with Gasteiger partial charge >= 0.3 is 0 Å². The van der Waals surface area contributed by atoms with Gasteiger partial charge in [0.15, 0.2) is 0 Å². The van der Waals surface area contributed by atoms with Gasteiger partial charge in [-0.15, -0.1) is 0 Å². The van der Waals surface area contributed by atoms with Gasteiger partial charge in [0.05, 0.1) is 5.69 Å². The zero-order chi connectivity index (χ0) is 11.8. The summed E-state index contributed by atoms with van der Waals surface area (Å²) in [6.07, 6.45) is 4.06. The third-order valence-electron chi connectivity index (χ3n) is 3.28. The minimum Gasteiger partial charge on any atom is -0.508 e. The Morgan fingerprint density at radius 1 is 1.12 bits per heavy atom. The SMILES string of the molecule is O=c1c2c([nH]n1-c1ccc(O)cc1)CCCC2. The van der Waals surface area contributed by atoms with E-state index in [1.54, 1.807) is 28.9 Å². The van der Waals surface area contributed by atoms with E-state index in [0.717, 1.165) is 42.6 Å². The van der Waals surface area contributed by atoms with Crippen molar-refractivity contribution in [1.82, 2.24) is 9.78 Å². The fourth-order valence-corrected chi connectivity index (χ4v) is 2.37. The summed E-state index contributed by atoms with van der Waals surface area (Å²) in [5.74, 6) is 0.207. The van der Waals surface area contributed by atoms with E-state index in [1.807, 2.05) is 0 Å². The van der Waals surface area contributed by atoms with Crippen molar-refractivity contribution < 1.29 is 5.11 Å². The third kappa shape index (κ3) is 1.65. The number of aryl methyl sites for hydroxylation is 1. The first kappa shape index (κ1) is 10.2. The monoisotopic (exact) mass is 230 g/mol. The summed E-state index contributed by atoms with van der Waals surface area (Å²) >= 11 is 0. The maximum absolute atomic E-state index is 12.2. The van der Waals surface area contributed by atoms with E-state index in [2.05, 4.69) is 5.10 Å². The molecular formula is C13H14N2O2. The van der Waals surface area contributed by atoms with Crippen molar-refractivity contribution in [3.63, 3.8) is 0 Å². The molecule has 1 aliphatic rings. The molecular weight excluding hydrogens is 216 g/mol. The lowest BCUT2D eigenvalue weighted by Crippen LogP contribution is -2.17. The van der Waals surface area contributed by atoms with E-state index >= 15 is 0 Å². The number of benzene rings is 1. The van der Waals surface area contributed by atoms with Crippen LogP contribution >= 0.6 is 0 Å². The number of fused-ring (bicyclic) bond motifs is 1. The van der Waals surface area contributed by atoms with Crippen molar-refractivity contribution in [2.75, 3.05) is 0 Å². The van der Waals surface area contributed by atoms with Gasteiger partial charge in [-0.25, -0.2) is 4.68 Å². The Hall–Kier alpha value is -1.97. The minimum atomic E-state index is 0.0467. The van der Waals surface area contributed by atoms with Crippen LogP contribution in [0.15, 0.2) is 29.1 Å². The zero-order valence-electron chi connectivity index (χ0n) is 9.44. The van der Waals surface area contributed by atoms with Gasteiger partial charge in [-0.1, -0.05) is 0 Å². The second-order valence-electron chi connectivity index (χ2n) is 4.43. The molecule has 4 heteroatoms. The standard InChI is InChI=1S/C13H14N2O2/c16-10-7-5-9(6-8-10)15-13(17)11-3-1-2-4-12(11)14-15/h5-8,14,16H,1-4H2. The topological polar surface area (TPSA) is 58.0 Å². The highest BCUT2D eigenvalue weighted by molar-refractivity contribution is 5.37. The molecule has 1 aromatic carbocycles. The predicted octanol–water partition coefficient (Wildman–Crippen LogP) is 1.75. The molecule has 0 spiro atoms. The summed E-state index contributed by atoms with van der Waals surface area (Å²) in [6.45, 7) is 0. The molecule has 17 heavy (non-hydrogen) atoms. The molecule has 1 aromatic heterocycles. The van der Waals surface area contributed by atoms with Gasteiger partial charge in [-0.05, 0) is 49.9 Å². The van der Waals surface area contributed by atoms with Crippen molar-refractivity contribution >= 4 is 0 Å². The van der Waals surface area contributed by atoms with E-state index < -0.39 is 0 Å². The molecule has 0 aliphatic heterocycles. The zero-order valence-corrected chi connectivity index (χ0v) is 9.44. The molecule has 0 saturated heterocycles. The lowest BCUT2D eigenvalue weighted by atomic mass is 9.98. The average molecular weight is 230 g/mol. The van der Waals surface area contributed by atoms with Crippen LogP contribution in [-0.2, 0) is 12.8 Å². The van der Waals surface area contributed by atoms with Gasteiger partial charge < -0.3 is 5.11 Å². The first-order valence-corrected chi connectivity index (χ1v) is 5.88. The highest BCUT2D eigenvalue weighted by atomic mass is 16.3. The Labute approximate surface area is 98.5 Å². The molecule has 0 amide bonds. The van der Waals surface area contributed by atoms with Crippen molar-refractivity contribution in [2.24, 2.45) is 0 Å². The van der Waals surface area contributed by atoms with Crippen LogP contribution in [0.25, 0.3) is 5.69 Å². The van der Waals surface area contributed by atoms with Crippen molar-refractivity contribution in [1.29, 1.82) is 0 Å². The highest BCUT2D eigenvalue weighted by Crippen LogP contribution is 2.18. The second-order valence-corrected chi connectivity index (χ2v) is 4.43. The molecule has 0 unspecified atom stereocenters. The van der Waals surface area contributed by atoms with Crippen molar-refractivity contribution in [2.45, 2.75) is 25.7 Å². The molecule has 0 saturated carbocycles. The Morgan fingerprint density at radius 2 is 1.82 bits per heavy atom. The highest BCUT2D eigenvalue weighted by Gasteiger charge is 2.17. The number of rotatable bonds is 1. The lowest BCUT2D eigenvalue weighted by Gasteiger charge is -2.07. The molecule has 1 heterocycles. The van der Waals surface area contributed by atoms with E-state index in [0.29, 0.717) is 0 Å². The van der Waals surface area contributed by atoms with E-state index in [-0.39, 0.29) is 11.3 Å². The van der Waals surface area contributed by atoms with E-state index in [4.69, 9.17) is 0 Å². The molecule has 0 fully saturated rings. The van der Waals surface area contributed by atoms with E-state index in [1.165, 1.54) is 0 Å². The van der Waals surface area contributed by atoms with Gasteiger partial charge in [0, 0.05) is 11.3 Å². The molecule has 4 nitrogen and oxygen atoms in total. The number of phenols is 1. The van der Waals surface area contributed by atoms with Crippen LogP contribution in [0, 0.1) is 0 Å². The molecule has 0 atom stereocenters. The van der Waals surface area contributed by atoms with Crippen LogP contribution in [0.4, 0.5) is 0 Å². The van der Waals surface area contributed by atoms with Crippen LogP contribution < -0.4 is 5.56 Å². The first-order valence-electron chi connectivity index (χ1n) is 5.88. The largest absolute Gasteiger partial charge is 0.508 e. The van der Waals surface area contributed by atoms with Gasteiger partial charge in [0.2, 0.25) is 0 Å². The molecule has 0 radical (unpaired) electrons. The number of nitrogens with one attached hydrogen (secondary N) is 1. The van der Waals surface area contributed by atoms with Gasteiger partial charge in [-0.2, -0.15) is 0 Å². The summed E-state index contributed by atoms with van der Waals surface area (Å²) in [7, 11) is 0. The number of aromatic hydroxyl groups is 1. The van der Waals surface area contributed by atoms with Crippen LogP contribution in [0.3, 0.4) is 0 Å². The van der Waals surface area contributed by atoms with Crippen molar-refractivity contribution in [3.05, 3.63) is 45.9 Å². The predicted molar refractivity (Wildman–Crippen MR) is 64.7 cm³/mol. The smallest absolute Gasteiger partial charge is 0.274 e. The number of aromatic amines is 1. The fraction of sp³-hybridized carbons (Fsp3) is 0.308. The molecule has 0 bridgehead atoms. The molecule has 2 aromatic rings. The van der Waals surface area contributed by atoms with Gasteiger partial charge in [-0.3, -0.25) is 9.89 Å². The molecule has 88 valence electrons. The fourth-order valence-electron chi connectivity index (χ4n) is 2.37. The third-order valence-corrected chi connectivity index (χ3v) is 3.28. The minimum absolute atomic E-state index is 0.0467. The molecule has 1 aliphatic carbocycles. The van der Waals surface area contributed by atoms with Gasteiger partial charge in [0.1, 0.15) is 5.75 Å². The quantitative estimate of drug-likeness (QED) is 0.784.